The fourth-order valence-corrected chi connectivity index (χ4v) is 2.70. The van der Waals surface area contributed by atoms with Crippen LogP contribution in [0.4, 0.5) is 0 Å². The largest absolute Gasteiger partial charge is 0.346 e. The smallest absolute Gasteiger partial charge is 0.246 e. The summed E-state index contributed by atoms with van der Waals surface area (Å²) in [5, 5.41) is 6.59. The molecule has 124 valence electrons. The first kappa shape index (κ1) is 17.5. The molecule has 1 heterocycles. The number of benzene rings is 1. The van der Waals surface area contributed by atoms with Crippen LogP contribution >= 0.6 is 11.8 Å². The Balaban J connectivity index is 1.86. The van der Waals surface area contributed by atoms with Gasteiger partial charge in [0.1, 0.15) is 0 Å². The van der Waals surface area contributed by atoms with E-state index in [9.17, 15) is 4.79 Å². The number of hydrogen-bond donors (Lipinski definition) is 1. The number of carbonyl (C=O) groups excluding carboxylic acids is 1. The Bertz CT molecular complexity index is 659. The quantitative estimate of drug-likeness (QED) is 0.849. The zero-order valence-corrected chi connectivity index (χ0v) is 15.0. The average molecular weight is 333 g/mol. The second-order valence-electron chi connectivity index (χ2n) is 6.55. The highest BCUT2D eigenvalue weighted by atomic mass is 32.2. The van der Waals surface area contributed by atoms with Gasteiger partial charge in [0.2, 0.25) is 11.8 Å². The Morgan fingerprint density at radius 1 is 1.30 bits per heavy atom. The maximum absolute atomic E-state index is 12.2. The second-order valence-corrected chi connectivity index (χ2v) is 7.97. The third kappa shape index (κ3) is 5.10. The van der Waals surface area contributed by atoms with E-state index in [0.29, 0.717) is 11.7 Å². The number of amides is 1. The van der Waals surface area contributed by atoms with E-state index in [2.05, 4.69) is 15.5 Å². The predicted octanol–water partition coefficient (Wildman–Crippen LogP) is 3.47. The van der Waals surface area contributed by atoms with Gasteiger partial charge in [-0.15, -0.1) is 11.8 Å². The van der Waals surface area contributed by atoms with E-state index >= 15 is 0 Å². The molecule has 0 spiro atoms. The number of nitrogens with one attached hydrogen (secondary N) is 1. The lowest BCUT2D eigenvalue weighted by Crippen LogP contribution is -2.30. The lowest BCUT2D eigenvalue weighted by atomic mass is 9.96. The van der Waals surface area contributed by atoms with Gasteiger partial charge in [0.25, 0.3) is 0 Å². The summed E-state index contributed by atoms with van der Waals surface area (Å²) in [4.78, 5) is 17.6. The third-order valence-corrected chi connectivity index (χ3v) is 4.37. The monoisotopic (exact) mass is 333 g/mol. The summed E-state index contributed by atoms with van der Waals surface area (Å²) < 4.78 is 5.17. The van der Waals surface area contributed by atoms with Gasteiger partial charge in [0, 0.05) is 10.3 Å². The predicted molar refractivity (Wildman–Crippen MR) is 91.3 cm³/mol. The summed E-state index contributed by atoms with van der Waals surface area (Å²) in [5.74, 6) is 1.02. The maximum atomic E-state index is 12.2. The molecule has 23 heavy (non-hydrogen) atoms. The summed E-state index contributed by atoms with van der Waals surface area (Å²) in [6, 6.07) is 8.13. The van der Waals surface area contributed by atoms with Crippen molar-refractivity contribution < 1.29 is 9.32 Å². The highest BCUT2D eigenvalue weighted by Gasteiger charge is 2.21. The molecule has 0 aliphatic rings. The van der Waals surface area contributed by atoms with Gasteiger partial charge in [0.15, 0.2) is 5.82 Å². The highest BCUT2D eigenvalue weighted by molar-refractivity contribution is 8.00. The van der Waals surface area contributed by atoms with Gasteiger partial charge < -0.3 is 9.84 Å². The molecule has 0 aliphatic heterocycles. The van der Waals surface area contributed by atoms with Crippen molar-refractivity contribution in [3.63, 3.8) is 0 Å². The summed E-state index contributed by atoms with van der Waals surface area (Å²) in [6.07, 6.45) is 0. The Hall–Kier alpha value is -1.82. The molecule has 0 bridgehead atoms. The number of nitrogens with zero attached hydrogens (tertiary/aromatic N) is 2. The normalized spacial score (nSPS) is 12.9. The maximum Gasteiger partial charge on any atom is 0.246 e. The number of hydrogen-bond acceptors (Lipinski definition) is 5. The van der Waals surface area contributed by atoms with Crippen LogP contribution in [0.1, 0.15) is 45.0 Å². The molecular weight excluding hydrogens is 310 g/mol. The molecule has 0 unspecified atom stereocenters. The first-order valence-electron chi connectivity index (χ1n) is 7.60. The molecule has 2 aromatic rings. The third-order valence-electron chi connectivity index (χ3n) is 3.26. The topological polar surface area (TPSA) is 68.0 Å². The molecular formula is C17H23N3O2S. The van der Waals surface area contributed by atoms with Crippen LogP contribution in [0.3, 0.4) is 0 Å². The number of carbonyl (C=O) groups is 1. The SMILES string of the molecule is Cc1ccc(S[C@@H](C)C(=O)NCc2nc(C(C)(C)C)no2)cc1. The Morgan fingerprint density at radius 2 is 1.96 bits per heavy atom. The van der Waals surface area contributed by atoms with E-state index < -0.39 is 0 Å². The zero-order valence-electron chi connectivity index (χ0n) is 14.2. The van der Waals surface area contributed by atoms with Crippen molar-refractivity contribution in [3.05, 3.63) is 41.5 Å². The van der Waals surface area contributed by atoms with Gasteiger partial charge in [0.05, 0.1) is 11.8 Å². The summed E-state index contributed by atoms with van der Waals surface area (Å²) >= 11 is 1.53. The fourth-order valence-electron chi connectivity index (χ4n) is 1.81. The Labute approximate surface area is 141 Å². The van der Waals surface area contributed by atoms with Gasteiger partial charge >= 0.3 is 0 Å². The minimum Gasteiger partial charge on any atom is -0.346 e. The molecule has 5 nitrogen and oxygen atoms in total. The van der Waals surface area contributed by atoms with E-state index in [0.717, 1.165) is 4.90 Å². The van der Waals surface area contributed by atoms with E-state index in [1.807, 2.05) is 58.9 Å². The van der Waals surface area contributed by atoms with E-state index in [1.165, 1.54) is 17.3 Å². The van der Waals surface area contributed by atoms with Gasteiger partial charge in [-0.3, -0.25) is 4.79 Å². The summed E-state index contributed by atoms with van der Waals surface area (Å²) in [7, 11) is 0. The van der Waals surface area contributed by atoms with Gasteiger partial charge in [-0.2, -0.15) is 4.98 Å². The molecule has 0 saturated heterocycles. The van der Waals surface area contributed by atoms with Crippen LogP contribution in [0, 0.1) is 6.92 Å². The van der Waals surface area contributed by atoms with Crippen LogP contribution in [-0.2, 0) is 16.8 Å². The van der Waals surface area contributed by atoms with Crippen molar-refractivity contribution in [2.75, 3.05) is 0 Å². The van der Waals surface area contributed by atoms with Gasteiger partial charge in [-0.1, -0.05) is 43.6 Å². The molecule has 2 rings (SSSR count). The molecule has 6 heteroatoms. The van der Waals surface area contributed by atoms with E-state index in [-0.39, 0.29) is 23.1 Å². The molecule has 1 amide bonds. The number of aromatic nitrogens is 2. The molecule has 1 N–H and O–H groups in total. The molecule has 0 radical (unpaired) electrons. The van der Waals surface area contributed by atoms with Crippen LogP contribution in [0.15, 0.2) is 33.7 Å². The summed E-state index contributed by atoms with van der Waals surface area (Å²) in [6.45, 7) is 10.2. The minimum absolute atomic E-state index is 0.0499. The highest BCUT2D eigenvalue weighted by Crippen LogP contribution is 2.23. The Morgan fingerprint density at radius 3 is 2.52 bits per heavy atom. The molecule has 0 fully saturated rings. The van der Waals surface area contributed by atoms with Crippen molar-refractivity contribution in [3.8, 4) is 0 Å². The van der Waals surface area contributed by atoms with Crippen LogP contribution < -0.4 is 5.32 Å². The first-order valence-corrected chi connectivity index (χ1v) is 8.48. The lowest BCUT2D eigenvalue weighted by Gasteiger charge is -2.11. The van der Waals surface area contributed by atoms with Crippen LogP contribution in [0.5, 0.6) is 0 Å². The van der Waals surface area contributed by atoms with Crippen LogP contribution in [0.25, 0.3) is 0 Å². The standard InChI is InChI=1S/C17H23N3O2S/c1-11-6-8-13(9-7-11)23-12(2)15(21)18-10-14-19-16(20-22-14)17(3,4)5/h6-9,12H,10H2,1-5H3,(H,18,21)/t12-/m0/s1. The van der Waals surface area contributed by atoms with Crippen LogP contribution in [0.2, 0.25) is 0 Å². The number of rotatable bonds is 5. The fraction of sp³-hybridized carbons (Fsp3) is 0.471. The van der Waals surface area contributed by atoms with Crippen molar-refractivity contribution in [1.82, 2.24) is 15.5 Å². The van der Waals surface area contributed by atoms with E-state index in [4.69, 9.17) is 4.52 Å². The summed E-state index contributed by atoms with van der Waals surface area (Å²) in [5.41, 5.74) is 1.04. The van der Waals surface area contributed by atoms with Crippen LogP contribution in [-0.4, -0.2) is 21.3 Å². The zero-order chi connectivity index (χ0) is 17.0. The first-order chi connectivity index (χ1) is 10.8. The molecule has 1 aromatic carbocycles. The van der Waals surface area contributed by atoms with Crippen molar-refractivity contribution in [2.45, 2.75) is 56.7 Å². The Kier molecular flexibility index (Phi) is 5.46. The average Bonchev–Trinajstić information content (AvgIpc) is 2.96. The van der Waals surface area contributed by atoms with Crippen molar-refractivity contribution in [1.29, 1.82) is 0 Å². The van der Waals surface area contributed by atoms with Gasteiger partial charge in [-0.05, 0) is 26.0 Å². The molecule has 0 aliphatic carbocycles. The molecule has 0 saturated carbocycles. The molecule has 1 atom stereocenters. The van der Waals surface area contributed by atoms with E-state index in [1.54, 1.807) is 0 Å². The van der Waals surface area contributed by atoms with Crippen molar-refractivity contribution in [2.24, 2.45) is 0 Å². The minimum atomic E-state index is -0.192. The van der Waals surface area contributed by atoms with Crippen molar-refractivity contribution >= 4 is 17.7 Å². The van der Waals surface area contributed by atoms with Gasteiger partial charge in [-0.25, -0.2) is 0 Å². The number of aryl methyl sites for hydroxylation is 1. The second kappa shape index (κ2) is 7.17. The number of thioether (sulfide) groups is 1. The lowest BCUT2D eigenvalue weighted by molar-refractivity contribution is -0.120. The molecule has 1 aromatic heterocycles.